The highest BCUT2D eigenvalue weighted by Gasteiger charge is 2.35. The highest BCUT2D eigenvalue weighted by molar-refractivity contribution is 5.76. The van der Waals surface area contributed by atoms with E-state index in [-0.39, 0.29) is 0 Å². The normalized spacial score (nSPS) is 37.9. The van der Waals surface area contributed by atoms with Crippen molar-refractivity contribution in [1.82, 2.24) is 10.2 Å². The Bertz CT molecular complexity index is 314. The van der Waals surface area contributed by atoms with E-state index >= 15 is 0 Å². The first-order valence-corrected chi connectivity index (χ1v) is 7.72. The van der Waals surface area contributed by atoms with E-state index in [0.29, 0.717) is 11.9 Å². The van der Waals surface area contributed by atoms with Crippen LogP contribution >= 0.6 is 0 Å². The minimum Gasteiger partial charge on any atom is -0.344 e. The first-order valence-electron chi connectivity index (χ1n) is 7.72. The number of amides is 1. The number of likely N-dealkylation sites (tertiary alicyclic amines) is 1. The second-order valence-electron chi connectivity index (χ2n) is 6.64. The van der Waals surface area contributed by atoms with Gasteiger partial charge in [-0.3, -0.25) is 4.79 Å². The smallest absolute Gasteiger partial charge is 0.222 e. The maximum absolute atomic E-state index is 11.5. The molecule has 0 spiro atoms. The van der Waals surface area contributed by atoms with Crippen molar-refractivity contribution >= 4 is 5.91 Å². The first kappa shape index (κ1) is 12.5. The zero-order valence-electron chi connectivity index (χ0n) is 11.5. The van der Waals surface area contributed by atoms with E-state index in [2.05, 4.69) is 5.32 Å². The molecule has 0 aromatic rings. The van der Waals surface area contributed by atoms with Gasteiger partial charge < -0.3 is 10.2 Å². The largest absolute Gasteiger partial charge is 0.344 e. The summed E-state index contributed by atoms with van der Waals surface area (Å²) in [5, 5.41) is 3.83. The number of nitrogens with one attached hydrogen (secondary N) is 1. The summed E-state index contributed by atoms with van der Waals surface area (Å²) in [5.74, 6) is 2.37. The van der Waals surface area contributed by atoms with E-state index in [0.717, 1.165) is 37.3 Å². The van der Waals surface area contributed by atoms with Gasteiger partial charge in [0.1, 0.15) is 0 Å². The van der Waals surface area contributed by atoms with Crippen molar-refractivity contribution in [3.63, 3.8) is 0 Å². The molecule has 18 heavy (non-hydrogen) atoms. The number of rotatable bonds is 3. The minimum absolute atomic E-state index is 0.313. The number of hydrogen-bond donors (Lipinski definition) is 1. The number of likely N-dealkylation sites (N-methyl/N-ethyl adjacent to an activating group) is 1. The van der Waals surface area contributed by atoms with Gasteiger partial charge in [0.25, 0.3) is 0 Å². The van der Waals surface area contributed by atoms with E-state index < -0.39 is 0 Å². The third-order valence-corrected chi connectivity index (χ3v) is 5.10. The number of nitrogens with zero attached hydrogens (tertiary/aromatic N) is 1. The van der Waals surface area contributed by atoms with Crippen molar-refractivity contribution in [2.45, 2.75) is 63.5 Å². The molecule has 3 rings (SSSR count). The van der Waals surface area contributed by atoms with E-state index in [9.17, 15) is 4.79 Å². The van der Waals surface area contributed by atoms with Gasteiger partial charge in [0, 0.05) is 32.1 Å². The van der Waals surface area contributed by atoms with Crippen LogP contribution in [0, 0.1) is 11.8 Å². The number of hydrogen-bond acceptors (Lipinski definition) is 2. The van der Waals surface area contributed by atoms with Gasteiger partial charge in [0.2, 0.25) is 5.91 Å². The topological polar surface area (TPSA) is 32.3 Å². The molecule has 0 aromatic carbocycles. The van der Waals surface area contributed by atoms with Gasteiger partial charge in [-0.15, -0.1) is 0 Å². The molecule has 3 fully saturated rings. The summed E-state index contributed by atoms with van der Waals surface area (Å²) in [5.41, 5.74) is 0. The zero-order chi connectivity index (χ0) is 12.5. The maximum atomic E-state index is 11.5. The van der Waals surface area contributed by atoms with Crippen molar-refractivity contribution in [3.8, 4) is 0 Å². The van der Waals surface area contributed by atoms with Gasteiger partial charge in [-0.05, 0) is 43.9 Å². The second-order valence-corrected chi connectivity index (χ2v) is 6.64. The lowest BCUT2D eigenvalue weighted by atomic mass is 9.82. The van der Waals surface area contributed by atoms with Crippen molar-refractivity contribution in [3.05, 3.63) is 0 Å². The van der Waals surface area contributed by atoms with Crippen LogP contribution in [0.15, 0.2) is 0 Å². The third kappa shape index (κ3) is 2.87. The van der Waals surface area contributed by atoms with Crippen LogP contribution in [-0.2, 0) is 4.79 Å². The van der Waals surface area contributed by atoms with Gasteiger partial charge in [-0.2, -0.15) is 0 Å². The summed E-state index contributed by atoms with van der Waals surface area (Å²) in [6, 6.07) is 1.26. The SMILES string of the molecule is CN1CC(NC2CCCC(C3CC3)C2)CCC1=O. The standard InChI is InChI=1S/C15H26N2O/c1-17-10-14(7-8-15(17)18)16-13-4-2-3-12(9-13)11-5-6-11/h11-14,16H,2-10H2,1H3. The fraction of sp³-hybridized carbons (Fsp3) is 0.933. The van der Waals surface area contributed by atoms with Crippen LogP contribution in [0.2, 0.25) is 0 Å². The predicted molar refractivity (Wildman–Crippen MR) is 72.3 cm³/mol. The Kier molecular flexibility index (Phi) is 3.60. The van der Waals surface area contributed by atoms with Crippen LogP contribution in [0.1, 0.15) is 51.4 Å². The van der Waals surface area contributed by atoms with Crippen LogP contribution in [0.4, 0.5) is 0 Å². The average Bonchev–Trinajstić information content (AvgIpc) is 3.18. The molecule has 3 aliphatic rings. The molecule has 1 aliphatic heterocycles. The molecule has 0 radical (unpaired) electrons. The first-order chi connectivity index (χ1) is 8.72. The Hall–Kier alpha value is -0.570. The number of carbonyl (C=O) groups is 1. The second kappa shape index (κ2) is 5.20. The van der Waals surface area contributed by atoms with Gasteiger partial charge in [-0.1, -0.05) is 12.8 Å². The molecular weight excluding hydrogens is 224 g/mol. The van der Waals surface area contributed by atoms with Crippen LogP contribution in [0.3, 0.4) is 0 Å². The molecule has 3 unspecified atom stereocenters. The fourth-order valence-corrected chi connectivity index (χ4v) is 3.86. The van der Waals surface area contributed by atoms with Crippen molar-refractivity contribution in [2.75, 3.05) is 13.6 Å². The summed E-state index contributed by atoms with van der Waals surface area (Å²) in [6.07, 6.45) is 10.3. The summed E-state index contributed by atoms with van der Waals surface area (Å²) in [7, 11) is 1.93. The average molecular weight is 250 g/mol. The third-order valence-electron chi connectivity index (χ3n) is 5.10. The van der Waals surface area contributed by atoms with Crippen molar-refractivity contribution < 1.29 is 4.79 Å². The van der Waals surface area contributed by atoms with Gasteiger partial charge in [0.15, 0.2) is 0 Å². The predicted octanol–water partition coefficient (Wildman–Crippen LogP) is 2.17. The number of piperidine rings is 1. The molecule has 2 aliphatic carbocycles. The molecule has 0 aromatic heterocycles. The lowest BCUT2D eigenvalue weighted by Crippen LogP contribution is -2.50. The molecular formula is C15H26N2O. The van der Waals surface area contributed by atoms with Gasteiger partial charge in [0.05, 0.1) is 0 Å². The molecule has 2 saturated carbocycles. The summed E-state index contributed by atoms with van der Waals surface area (Å²) >= 11 is 0. The molecule has 3 atom stereocenters. The van der Waals surface area contributed by atoms with E-state index in [1.807, 2.05) is 11.9 Å². The van der Waals surface area contributed by atoms with Gasteiger partial charge in [-0.25, -0.2) is 0 Å². The molecule has 1 saturated heterocycles. The Morgan fingerprint density at radius 1 is 1.06 bits per heavy atom. The highest BCUT2D eigenvalue weighted by atomic mass is 16.2. The molecule has 1 N–H and O–H groups in total. The zero-order valence-corrected chi connectivity index (χ0v) is 11.5. The van der Waals surface area contributed by atoms with Crippen LogP contribution in [0.25, 0.3) is 0 Å². The van der Waals surface area contributed by atoms with E-state index in [1.165, 1.54) is 38.5 Å². The summed E-state index contributed by atoms with van der Waals surface area (Å²) in [6.45, 7) is 0.906. The van der Waals surface area contributed by atoms with Crippen LogP contribution < -0.4 is 5.32 Å². The van der Waals surface area contributed by atoms with Crippen molar-refractivity contribution in [2.24, 2.45) is 11.8 Å². The quantitative estimate of drug-likeness (QED) is 0.832. The van der Waals surface area contributed by atoms with Crippen molar-refractivity contribution in [1.29, 1.82) is 0 Å². The molecule has 3 nitrogen and oxygen atoms in total. The molecule has 0 bridgehead atoms. The fourth-order valence-electron chi connectivity index (χ4n) is 3.86. The lowest BCUT2D eigenvalue weighted by Gasteiger charge is -2.36. The van der Waals surface area contributed by atoms with E-state index in [1.54, 1.807) is 0 Å². The summed E-state index contributed by atoms with van der Waals surface area (Å²) < 4.78 is 0. The molecule has 3 heteroatoms. The lowest BCUT2D eigenvalue weighted by molar-refractivity contribution is -0.132. The summed E-state index contributed by atoms with van der Waals surface area (Å²) in [4.78, 5) is 13.4. The van der Waals surface area contributed by atoms with Crippen LogP contribution in [0.5, 0.6) is 0 Å². The Morgan fingerprint density at radius 2 is 1.89 bits per heavy atom. The Labute approximate surface area is 110 Å². The van der Waals surface area contributed by atoms with Crippen LogP contribution in [-0.4, -0.2) is 36.5 Å². The Balaban J connectivity index is 1.48. The Morgan fingerprint density at radius 3 is 2.61 bits per heavy atom. The minimum atomic E-state index is 0.313. The van der Waals surface area contributed by atoms with E-state index in [4.69, 9.17) is 0 Å². The maximum Gasteiger partial charge on any atom is 0.222 e. The highest BCUT2D eigenvalue weighted by Crippen LogP contribution is 2.43. The monoisotopic (exact) mass is 250 g/mol. The molecule has 1 heterocycles. The van der Waals surface area contributed by atoms with Gasteiger partial charge >= 0.3 is 0 Å². The molecule has 102 valence electrons. The molecule has 1 amide bonds. The number of carbonyl (C=O) groups excluding carboxylic acids is 1.